The molecule has 1 amide bonds. The average Bonchev–Trinajstić information content (AvgIpc) is 3.14. The Morgan fingerprint density at radius 1 is 1.46 bits per heavy atom. The molecule has 0 bridgehead atoms. The first kappa shape index (κ1) is 16.4. The number of aromatic nitrogens is 2. The number of carbonyl (C=O) groups is 1. The standard InChI is InChI=1S/C16H17ClN4O3/c1-10-12(9-18-19(10)2)14-4-3-7-20(14)16(22)11-5-6-15(21(23)24)13(17)8-11/h5-6,8-9,14H,3-4,7H2,1-2H3. The van der Waals surface area contributed by atoms with E-state index >= 15 is 0 Å². The van der Waals surface area contributed by atoms with Gasteiger partial charge in [0.15, 0.2) is 0 Å². The van der Waals surface area contributed by atoms with E-state index in [0.29, 0.717) is 12.1 Å². The van der Waals surface area contributed by atoms with E-state index in [9.17, 15) is 14.9 Å². The molecule has 7 nitrogen and oxygen atoms in total. The fourth-order valence-electron chi connectivity index (χ4n) is 3.13. The predicted octanol–water partition coefficient (Wildman–Crippen LogP) is 3.27. The molecule has 3 rings (SSSR count). The van der Waals surface area contributed by atoms with E-state index in [1.54, 1.807) is 15.8 Å². The number of nitro groups is 1. The molecule has 0 radical (unpaired) electrons. The van der Waals surface area contributed by atoms with Gasteiger partial charge < -0.3 is 4.90 Å². The van der Waals surface area contributed by atoms with Crippen LogP contribution in [0.2, 0.25) is 5.02 Å². The molecule has 2 aromatic rings. The highest BCUT2D eigenvalue weighted by atomic mass is 35.5. The molecule has 1 fully saturated rings. The van der Waals surface area contributed by atoms with Crippen molar-refractivity contribution in [2.45, 2.75) is 25.8 Å². The molecule has 126 valence electrons. The Balaban J connectivity index is 1.90. The zero-order valence-corrected chi connectivity index (χ0v) is 14.2. The van der Waals surface area contributed by atoms with E-state index in [1.807, 2.05) is 14.0 Å². The maximum atomic E-state index is 12.9. The van der Waals surface area contributed by atoms with E-state index in [2.05, 4.69) is 5.10 Å². The molecule has 8 heteroatoms. The zero-order chi connectivity index (χ0) is 17.4. The van der Waals surface area contributed by atoms with Crippen LogP contribution in [0.15, 0.2) is 24.4 Å². The normalized spacial score (nSPS) is 17.3. The number of amides is 1. The van der Waals surface area contributed by atoms with Crippen LogP contribution in [-0.2, 0) is 7.05 Å². The van der Waals surface area contributed by atoms with Gasteiger partial charge >= 0.3 is 0 Å². The third-order valence-electron chi connectivity index (χ3n) is 4.54. The smallest absolute Gasteiger partial charge is 0.287 e. The van der Waals surface area contributed by atoms with Crippen LogP contribution in [0.4, 0.5) is 5.69 Å². The quantitative estimate of drug-likeness (QED) is 0.629. The molecule has 1 saturated heterocycles. The van der Waals surface area contributed by atoms with Crippen molar-refractivity contribution in [1.82, 2.24) is 14.7 Å². The molecule has 1 aliphatic heterocycles. The second kappa shape index (κ2) is 6.24. The number of hydrogen-bond acceptors (Lipinski definition) is 4. The molecule has 0 N–H and O–H groups in total. The highest BCUT2D eigenvalue weighted by Gasteiger charge is 2.33. The predicted molar refractivity (Wildman–Crippen MR) is 89.1 cm³/mol. The van der Waals surface area contributed by atoms with E-state index in [0.717, 1.165) is 24.1 Å². The van der Waals surface area contributed by atoms with Crippen LogP contribution < -0.4 is 0 Å². The van der Waals surface area contributed by atoms with Gasteiger partial charge in [-0.25, -0.2) is 0 Å². The number of halogens is 1. The van der Waals surface area contributed by atoms with Gasteiger partial charge in [0.25, 0.3) is 11.6 Å². The van der Waals surface area contributed by atoms with Gasteiger partial charge in [0.2, 0.25) is 0 Å². The lowest BCUT2D eigenvalue weighted by atomic mass is 10.0. The lowest BCUT2D eigenvalue weighted by molar-refractivity contribution is -0.384. The summed E-state index contributed by atoms with van der Waals surface area (Å²) in [5.41, 5.74) is 2.23. The number of hydrogen-bond donors (Lipinski definition) is 0. The second-order valence-corrected chi connectivity index (χ2v) is 6.30. The van der Waals surface area contributed by atoms with Crippen LogP contribution in [0.1, 0.15) is 40.5 Å². The number of benzene rings is 1. The van der Waals surface area contributed by atoms with Gasteiger partial charge in [-0.15, -0.1) is 0 Å². The Labute approximate surface area is 144 Å². The minimum atomic E-state index is -0.561. The van der Waals surface area contributed by atoms with Gasteiger partial charge in [-0.1, -0.05) is 11.6 Å². The molecule has 2 heterocycles. The Kier molecular flexibility index (Phi) is 4.28. The fraction of sp³-hybridized carbons (Fsp3) is 0.375. The van der Waals surface area contributed by atoms with E-state index in [4.69, 9.17) is 11.6 Å². The van der Waals surface area contributed by atoms with Crippen LogP contribution in [0.3, 0.4) is 0 Å². The van der Waals surface area contributed by atoms with Crippen molar-refractivity contribution < 1.29 is 9.72 Å². The van der Waals surface area contributed by atoms with Crippen molar-refractivity contribution >= 4 is 23.2 Å². The van der Waals surface area contributed by atoms with Gasteiger partial charge in [-0.3, -0.25) is 19.6 Å². The van der Waals surface area contributed by atoms with E-state index < -0.39 is 4.92 Å². The minimum Gasteiger partial charge on any atom is -0.331 e. The minimum absolute atomic E-state index is 0.0276. The monoisotopic (exact) mass is 348 g/mol. The summed E-state index contributed by atoms with van der Waals surface area (Å²) >= 11 is 5.93. The zero-order valence-electron chi connectivity index (χ0n) is 13.4. The molecule has 1 atom stereocenters. The maximum Gasteiger partial charge on any atom is 0.287 e. The third-order valence-corrected chi connectivity index (χ3v) is 4.84. The molecule has 0 spiro atoms. The summed E-state index contributed by atoms with van der Waals surface area (Å²) in [6.45, 7) is 2.62. The Morgan fingerprint density at radius 2 is 2.21 bits per heavy atom. The molecular weight excluding hydrogens is 332 g/mol. The van der Waals surface area contributed by atoms with Crippen molar-refractivity contribution in [2.75, 3.05) is 6.54 Å². The maximum absolute atomic E-state index is 12.9. The SMILES string of the molecule is Cc1c(C2CCCN2C(=O)c2ccc([N+](=O)[O-])c(Cl)c2)cnn1C. The Morgan fingerprint density at radius 3 is 2.79 bits per heavy atom. The average molecular weight is 349 g/mol. The highest BCUT2D eigenvalue weighted by Crippen LogP contribution is 2.35. The van der Waals surface area contributed by atoms with Crippen LogP contribution in [-0.4, -0.2) is 32.1 Å². The molecule has 0 saturated carbocycles. The topological polar surface area (TPSA) is 81.3 Å². The lowest BCUT2D eigenvalue weighted by Gasteiger charge is -2.25. The van der Waals surface area contributed by atoms with Crippen LogP contribution in [0, 0.1) is 17.0 Å². The molecule has 1 aromatic carbocycles. The summed E-state index contributed by atoms with van der Waals surface area (Å²) in [6.07, 6.45) is 3.58. The van der Waals surface area contributed by atoms with Gasteiger partial charge in [0.05, 0.1) is 17.2 Å². The number of rotatable bonds is 3. The summed E-state index contributed by atoms with van der Waals surface area (Å²) in [5.74, 6) is -0.169. The first-order valence-electron chi connectivity index (χ1n) is 7.63. The largest absolute Gasteiger partial charge is 0.331 e. The highest BCUT2D eigenvalue weighted by molar-refractivity contribution is 6.33. The fourth-order valence-corrected chi connectivity index (χ4v) is 3.38. The summed E-state index contributed by atoms with van der Waals surface area (Å²) in [5, 5.41) is 15.1. The van der Waals surface area contributed by atoms with Crippen LogP contribution in [0.5, 0.6) is 0 Å². The van der Waals surface area contributed by atoms with Crippen LogP contribution >= 0.6 is 11.6 Å². The van der Waals surface area contributed by atoms with E-state index in [1.165, 1.54) is 18.2 Å². The van der Waals surface area contributed by atoms with Crippen molar-refractivity contribution in [3.05, 3.63) is 56.4 Å². The summed E-state index contributed by atoms with van der Waals surface area (Å²) in [7, 11) is 1.87. The summed E-state index contributed by atoms with van der Waals surface area (Å²) in [6, 6.07) is 4.07. The number of likely N-dealkylation sites (tertiary alicyclic amines) is 1. The first-order chi connectivity index (χ1) is 11.4. The summed E-state index contributed by atoms with van der Waals surface area (Å²) < 4.78 is 1.79. The van der Waals surface area contributed by atoms with Crippen molar-refractivity contribution in [1.29, 1.82) is 0 Å². The van der Waals surface area contributed by atoms with Crippen molar-refractivity contribution in [3.8, 4) is 0 Å². The molecule has 24 heavy (non-hydrogen) atoms. The van der Waals surface area contributed by atoms with Crippen molar-refractivity contribution in [2.24, 2.45) is 7.05 Å². The van der Waals surface area contributed by atoms with Crippen LogP contribution in [0.25, 0.3) is 0 Å². The lowest BCUT2D eigenvalue weighted by Crippen LogP contribution is -2.30. The number of nitrogens with zero attached hydrogens (tertiary/aromatic N) is 4. The number of carbonyl (C=O) groups excluding carboxylic acids is 1. The Hall–Kier alpha value is -2.41. The molecular formula is C16H17ClN4O3. The van der Waals surface area contributed by atoms with E-state index in [-0.39, 0.29) is 22.7 Å². The van der Waals surface area contributed by atoms with Crippen molar-refractivity contribution in [3.63, 3.8) is 0 Å². The molecule has 1 aliphatic rings. The molecule has 1 unspecified atom stereocenters. The summed E-state index contributed by atoms with van der Waals surface area (Å²) in [4.78, 5) is 24.9. The van der Waals surface area contributed by atoms with Gasteiger partial charge in [-0.05, 0) is 31.9 Å². The number of nitro benzene ring substituents is 1. The van der Waals surface area contributed by atoms with Gasteiger partial charge in [-0.2, -0.15) is 5.10 Å². The molecule has 0 aliphatic carbocycles. The third kappa shape index (κ3) is 2.75. The second-order valence-electron chi connectivity index (χ2n) is 5.89. The molecule has 1 aromatic heterocycles. The first-order valence-corrected chi connectivity index (χ1v) is 8.01. The van der Waals surface area contributed by atoms with Gasteiger partial charge in [0, 0.05) is 36.5 Å². The number of aryl methyl sites for hydroxylation is 1. The van der Waals surface area contributed by atoms with Gasteiger partial charge in [0.1, 0.15) is 5.02 Å². The Bertz CT molecular complexity index is 818.